The highest BCUT2D eigenvalue weighted by atomic mass is 32.2. The van der Waals surface area contributed by atoms with Crippen molar-refractivity contribution in [2.45, 2.75) is 30.8 Å². The Kier molecular flexibility index (Phi) is 5.02. The molecular formula is C14H18N4O4S. The van der Waals surface area contributed by atoms with Gasteiger partial charge in [-0.1, -0.05) is 12.1 Å². The third kappa shape index (κ3) is 4.54. The predicted molar refractivity (Wildman–Crippen MR) is 83.3 cm³/mol. The highest BCUT2D eigenvalue weighted by molar-refractivity contribution is 7.89. The van der Waals surface area contributed by atoms with Crippen LogP contribution in [0.15, 0.2) is 35.5 Å². The van der Waals surface area contributed by atoms with E-state index in [-0.39, 0.29) is 17.4 Å². The summed E-state index contributed by atoms with van der Waals surface area (Å²) in [7, 11) is -4.03. The van der Waals surface area contributed by atoms with Crippen LogP contribution in [0.4, 0.5) is 0 Å². The maximum Gasteiger partial charge on any atom is 0.256 e. The molecule has 0 spiro atoms. The van der Waals surface area contributed by atoms with Gasteiger partial charge in [-0.3, -0.25) is 9.89 Å². The standard InChI is InChI=1S/C14H18N4O4S/c1-9(2-3-10-4-6-11(19)7-5-10)17-13(20)12-8-16-18-14(12)23(15,21)22/h4-9,19H,2-3H2,1H3,(H,16,18)(H,17,20)(H2,15,21,22)/t9-/m0/s1. The largest absolute Gasteiger partial charge is 0.508 e. The number of aromatic amines is 1. The second-order valence-corrected chi connectivity index (χ2v) is 6.74. The molecule has 1 heterocycles. The van der Waals surface area contributed by atoms with Crippen LogP contribution in [0.25, 0.3) is 0 Å². The van der Waals surface area contributed by atoms with E-state index in [1.807, 2.05) is 6.92 Å². The second kappa shape index (κ2) is 6.80. The molecule has 1 atom stereocenters. The molecule has 0 bridgehead atoms. The Labute approximate surface area is 133 Å². The molecule has 5 N–H and O–H groups in total. The van der Waals surface area contributed by atoms with Crippen LogP contribution in [0.1, 0.15) is 29.3 Å². The van der Waals surface area contributed by atoms with E-state index < -0.39 is 21.0 Å². The molecule has 9 heteroatoms. The minimum Gasteiger partial charge on any atom is -0.508 e. The molecule has 0 saturated heterocycles. The maximum atomic E-state index is 12.1. The topological polar surface area (TPSA) is 138 Å². The third-order valence-electron chi connectivity index (χ3n) is 3.31. The highest BCUT2D eigenvalue weighted by Gasteiger charge is 2.22. The molecular weight excluding hydrogens is 320 g/mol. The average Bonchev–Trinajstić information content (AvgIpc) is 2.96. The number of nitrogens with two attached hydrogens (primary N) is 1. The number of H-pyrrole nitrogens is 1. The minimum absolute atomic E-state index is 0.107. The van der Waals surface area contributed by atoms with Crippen LogP contribution in [0.5, 0.6) is 5.75 Å². The van der Waals surface area contributed by atoms with Crippen molar-refractivity contribution in [2.75, 3.05) is 0 Å². The molecule has 0 aliphatic rings. The van der Waals surface area contributed by atoms with Crippen molar-refractivity contribution in [3.05, 3.63) is 41.6 Å². The zero-order valence-electron chi connectivity index (χ0n) is 12.5. The molecule has 0 fully saturated rings. The number of phenolic OH excluding ortho intramolecular Hbond substituents is 1. The van der Waals surface area contributed by atoms with Gasteiger partial charge in [0, 0.05) is 6.04 Å². The van der Waals surface area contributed by atoms with Gasteiger partial charge in [0.05, 0.1) is 11.8 Å². The zero-order chi connectivity index (χ0) is 17.0. The van der Waals surface area contributed by atoms with E-state index in [1.54, 1.807) is 24.3 Å². The second-order valence-electron chi connectivity index (χ2n) is 5.24. The number of aryl methyl sites for hydroxylation is 1. The summed E-state index contributed by atoms with van der Waals surface area (Å²) in [5.41, 5.74) is 0.918. The van der Waals surface area contributed by atoms with Gasteiger partial charge in [0.15, 0.2) is 5.03 Å². The number of carbonyl (C=O) groups excluding carboxylic acids is 1. The zero-order valence-corrected chi connectivity index (χ0v) is 13.3. The Morgan fingerprint density at radius 2 is 2.04 bits per heavy atom. The molecule has 2 aromatic rings. The number of carbonyl (C=O) groups is 1. The Morgan fingerprint density at radius 1 is 1.39 bits per heavy atom. The van der Waals surface area contributed by atoms with Crippen molar-refractivity contribution < 1.29 is 18.3 Å². The lowest BCUT2D eigenvalue weighted by atomic mass is 10.1. The number of hydrogen-bond donors (Lipinski definition) is 4. The highest BCUT2D eigenvalue weighted by Crippen LogP contribution is 2.13. The number of benzene rings is 1. The molecule has 8 nitrogen and oxygen atoms in total. The van der Waals surface area contributed by atoms with Crippen LogP contribution in [-0.4, -0.2) is 35.7 Å². The molecule has 0 saturated carbocycles. The Bertz CT molecular complexity index is 783. The van der Waals surface area contributed by atoms with Gasteiger partial charge in [-0.2, -0.15) is 5.10 Å². The molecule has 0 aliphatic heterocycles. The van der Waals surface area contributed by atoms with Gasteiger partial charge < -0.3 is 10.4 Å². The van der Waals surface area contributed by atoms with E-state index >= 15 is 0 Å². The summed E-state index contributed by atoms with van der Waals surface area (Å²) < 4.78 is 22.7. The van der Waals surface area contributed by atoms with Crippen LogP contribution in [0.3, 0.4) is 0 Å². The molecule has 0 unspecified atom stereocenters. The quantitative estimate of drug-likeness (QED) is 0.608. The first-order valence-corrected chi connectivity index (χ1v) is 8.47. The summed E-state index contributed by atoms with van der Waals surface area (Å²) in [6.07, 6.45) is 2.48. The van der Waals surface area contributed by atoms with Crippen molar-refractivity contribution in [3.8, 4) is 5.75 Å². The third-order valence-corrected chi connectivity index (χ3v) is 4.19. The number of aromatic hydroxyl groups is 1. The summed E-state index contributed by atoms with van der Waals surface area (Å²) in [5.74, 6) is -0.355. The first-order valence-electron chi connectivity index (χ1n) is 6.92. The predicted octanol–water partition coefficient (Wildman–Crippen LogP) is 0.514. The van der Waals surface area contributed by atoms with Crippen LogP contribution >= 0.6 is 0 Å². The van der Waals surface area contributed by atoms with Gasteiger partial charge in [-0.15, -0.1) is 0 Å². The van der Waals surface area contributed by atoms with E-state index in [0.29, 0.717) is 12.8 Å². The fourth-order valence-corrected chi connectivity index (χ4v) is 2.70. The van der Waals surface area contributed by atoms with Crippen LogP contribution in [0, 0.1) is 0 Å². The van der Waals surface area contributed by atoms with Crippen molar-refractivity contribution in [3.63, 3.8) is 0 Å². The average molecular weight is 338 g/mol. The molecule has 1 amide bonds. The van der Waals surface area contributed by atoms with Crippen LogP contribution < -0.4 is 10.5 Å². The number of primary sulfonamides is 1. The van der Waals surface area contributed by atoms with E-state index in [2.05, 4.69) is 15.5 Å². The van der Waals surface area contributed by atoms with E-state index in [9.17, 15) is 18.3 Å². The minimum atomic E-state index is -4.03. The van der Waals surface area contributed by atoms with E-state index in [1.165, 1.54) is 0 Å². The Morgan fingerprint density at radius 3 is 2.65 bits per heavy atom. The molecule has 0 radical (unpaired) electrons. The summed E-state index contributed by atoms with van der Waals surface area (Å²) >= 11 is 0. The molecule has 1 aromatic heterocycles. The lowest BCUT2D eigenvalue weighted by Crippen LogP contribution is -2.34. The molecule has 1 aromatic carbocycles. The van der Waals surface area contributed by atoms with Gasteiger partial charge in [0.1, 0.15) is 5.75 Å². The summed E-state index contributed by atoms with van der Waals surface area (Å²) in [6, 6.07) is 6.63. The maximum absolute atomic E-state index is 12.1. The lowest BCUT2D eigenvalue weighted by molar-refractivity contribution is 0.0935. The normalized spacial score (nSPS) is 12.8. The fourth-order valence-electron chi connectivity index (χ4n) is 2.07. The summed E-state index contributed by atoms with van der Waals surface area (Å²) in [4.78, 5) is 12.1. The Balaban J connectivity index is 1.95. The molecule has 23 heavy (non-hydrogen) atoms. The number of phenols is 1. The van der Waals surface area contributed by atoms with Crippen LogP contribution in [0.2, 0.25) is 0 Å². The van der Waals surface area contributed by atoms with Crippen molar-refractivity contribution in [2.24, 2.45) is 5.14 Å². The number of nitrogens with zero attached hydrogens (tertiary/aromatic N) is 1. The first-order chi connectivity index (χ1) is 10.8. The molecule has 124 valence electrons. The number of aromatic nitrogens is 2. The number of sulfonamides is 1. The fraction of sp³-hybridized carbons (Fsp3) is 0.286. The lowest BCUT2D eigenvalue weighted by Gasteiger charge is -2.13. The van der Waals surface area contributed by atoms with Crippen molar-refractivity contribution >= 4 is 15.9 Å². The van der Waals surface area contributed by atoms with Crippen molar-refractivity contribution in [1.82, 2.24) is 15.5 Å². The smallest absolute Gasteiger partial charge is 0.256 e. The monoisotopic (exact) mass is 338 g/mol. The SMILES string of the molecule is C[C@@H](CCc1ccc(O)cc1)NC(=O)c1cn[nH]c1S(N)(=O)=O. The summed E-state index contributed by atoms with van der Waals surface area (Å²) in [6.45, 7) is 1.81. The van der Waals surface area contributed by atoms with Gasteiger partial charge in [-0.05, 0) is 37.5 Å². The molecule has 0 aliphatic carbocycles. The number of hydrogen-bond acceptors (Lipinski definition) is 5. The van der Waals surface area contributed by atoms with E-state index in [4.69, 9.17) is 5.14 Å². The number of rotatable bonds is 6. The van der Waals surface area contributed by atoms with Gasteiger partial charge >= 0.3 is 0 Å². The molecule has 2 rings (SSSR count). The van der Waals surface area contributed by atoms with Gasteiger partial charge in [0.2, 0.25) is 0 Å². The van der Waals surface area contributed by atoms with Gasteiger partial charge in [0.25, 0.3) is 15.9 Å². The van der Waals surface area contributed by atoms with E-state index in [0.717, 1.165) is 11.8 Å². The van der Waals surface area contributed by atoms with Crippen LogP contribution in [-0.2, 0) is 16.4 Å². The Hall–Kier alpha value is -2.39. The number of nitrogens with one attached hydrogen (secondary N) is 2. The van der Waals surface area contributed by atoms with Gasteiger partial charge in [-0.25, -0.2) is 13.6 Å². The van der Waals surface area contributed by atoms with Crippen molar-refractivity contribution in [1.29, 1.82) is 0 Å². The first kappa shape index (κ1) is 17.0. The summed E-state index contributed by atoms with van der Waals surface area (Å²) in [5, 5.41) is 22.3. The number of amides is 1.